The molecule has 20 heavy (non-hydrogen) atoms. The standard InChI is InChI=1S/C14H16N2O3S/c1-2-16(11-6-4-3-5-7-11)20(18,19)12-8-9-14(17)13(15)10-12/h3-10,17H,2,15H2,1H3. The number of rotatable bonds is 4. The summed E-state index contributed by atoms with van der Waals surface area (Å²) in [5.41, 5.74) is 6.19. The average molecular weight is 292 g/mol. The van der Waals surface area contributed by atoms with Crippen LogP contribution in [-0.2, 0) is 10.0 Å². The van der Waals surface area contributed by atoms with Crippen LogP contribution in [0.2, 0.25) is 0 Å². The molecule has 0 heterocycles. The second-order valence-electron chi connectivity index (χ2n) is 4.23. The topological polar surface area (TPSA) is 83.6 Å². The van der Waals surface area contributed by atoms with Gasteiger partial charge in [0.05, 0.1) is 16.3 Å². The van der Waals surface area contributed by atoms with Crippen molar-refractivity contribution in [1.29, 1.82) is 0 Å². The van der Waals surface area contributed by atoms with Crippen LogP contribution in [0.25, 0.3) is 0 Å². The number of hydrogen-bond donors (Lipinski definition) is 2. The molecule has 0 bridgehead atoms. The third-order valence-electron chi connectivity index (χ3n) is 2.92. The van der Waals surface area contributed by atoms with Crippen molar-refractivity contribution >= 4 is 21.4 Å². The van der Waals surface area contributed by atoms with Gasteiger partial charge in [0.2, 0.25) is 0 Å². The first-order valence-electron chi connectivity index (χ1n) is 6.13. The zero-order valence-corrected chi connectivity index (χ0v) is 11.8. The number of phenolic OH excluding ortho intramolecular Hbond substituents is 1. The van der Waals surface area contributed by atoms with E-state index in [9.17, 15) is 13.5 Å². The van der Waals surface area contributed by atoms with Gasteiger partial charge in [-0.2, -0.15) is 0 Å². The van der Waals surface area contributed by atoms with Gasteiger partial charge in [-0.15, -0.1) is 0 Å². The van der Waals surface area contributed by atoms with Crippen molar-refractivity contribution in [2.24, 2.45) is 0 Å². The molecule has 0 aliphatic rings. The number of para-hydroxylation sites is 1. The first kappa shape index (κ1) is 14.2. The Hall–Kier alpha value is -2.21. The fraction of sp³-hybridized carbons (Fsp3) is 0.143. The molecule has 0 aliphatic heterocycles. The van der Waals surface area contributed by atoms with E-state index in [1.165, 1.54) is 22.5 Å². The zero-order valence-electron chi connectivity index (χ0n) is 11.0. The molecule has 3 N–H and O–H groups in total. The van der Waals surface area contributed by atoms with Gasteiger partial charge in [-0.1, -0.05) is 18.2 Å². The summed E-state index contributed by atoms with van der Waals surface area (Å²) in [6, 6.07) is 12.7. The third kappa shape index (κ3) is 2.55. The Kier molecular flexibility index (Phi) is 3.85. The van der Waals surface area contributed by atoms with Gasteiger partial charge in [-0.25, -0.2) is 8.42 Å². The van der Waals surface area contributed by atoms with Gasteiger partial charge in [-0.05, 0) is 37.3 Å². The van der Waals surface area contributed by atoms with Crippen LogP contribution in [0.15, 0.2) is 53.4 Å². The van der Waals surface area contributed by atoms with E-state index < -0.39 is 10.0 Å². The van der Waals surface area contributed by atoms with E-state index in [0.29, 0.717) is 12.2 Å². The van der Waals surface area contributed by atoms with Crippen LogP contribution in [0.5, 0.6) is 5.75 Å². The maximum absolute atomic E-state index is 12.6. The zero-order chi connectivity index (χ0) is 14.8. The average Bonchev–Trinajstić information content (AvgIpc) is 2.43. The molecule has 0 saturated carbocycles. The molecule has 0 aliphatic carbocycles. The SMILES string of the molecule is CCN(c1ccccc1)S(=O)(=O)c1ccc(O)c(N)c1. The molecular formula is C14H16N2O3S. The van der Waals surface area contributed by atoms with Gasteiger partial charge in [0.15, 0.2) is 0 Å². The highest BCUT2D eigenvalue weighted by Gasteiger charge is 2.24. The molecule has 0 amide bonds. The van der Waals surface area contributed by atoms with Gasteiger partial charge < -0.3 is 10.8 Å². The Balaban J connectivity index is 2.50. The summed E-state index contributed by atoms with van der Waals surface area (Å²) in [5.74, 6) is -0.133. The van der Waals surface area contributed by atoms with E-state index in [1.54, 1.807) is 31.2 Å². The Morgan fingerprint density at radius 1 is 1.15 bits per heavy atom. The highest BCUT2D eigenvalue weighted by atomic mass is 32.2. The molecular weight excluding hydrogens is 276 g/mol. The van der Waals surface area contributed by atoms with Crippen LogP contribution in [0.3, 0.4) is 0 Å². The Labute approximate surface area is 118 Å². The van der Waals surface area contributed by atoms with E-state index >= 15 is 0 Å². The lowest BCUT2D eigenvalue weighted by molar-refractivity contribution is 0.477. The molecule has 2 rings (SSSR count). The lowest BCUT2D eigenvalue weighted by Gasteiger charge is -2.23. The van der Waals surface area contributed by atoms with E-state index in [0.717, 1.165) is 0 Å². The summed E-state index contributed by atoms with van der Waals surface area (Å²) < 4.78 is 26.5. The summed E-state index contributed by atoms with van der Waals surface area (Å²) in [4.78, 5) is 0.0542. The highest BCUT2D eigenvalue weighted by molar-refractivity contribution is 7.92. The van der Waals surface area contributed by atoms with Crippen molar-refractivity contribution in [1.82, 2.24) is 0 Å². The summed E-state index contributed by atoms with van der Waals surface area (Å²) in [5, 5.41) is 9.39. The molecule has 2 aromatic rings. The maximum atomic E-state index is 12.6. The lowest BCUT2D eigenvalue weighted by Crippen LogP contribution is -2.30. The normalized spacial score (nSPS) is 11.2. The summed E-state index contributed by atoms with van der Waals surface area (Å²) >= 11 is 0. The molecule has 0 radical (unpaired) electrons. The Bertz CT molecular complexity index is 700. The van der Waals surface area contributed by atoms with Crippen LogP contribution in [0, 0.1) is 0 Å². The fourth-order valence-corrected chi connectivity index (χ4v) is 3.42. The monoisotopic (exact) mass is 292 g/mol. The summed E-state index contributed by atoms with van der Waals surface area (Å²) in [7, 11) is -3.70. The van der Waals surface area contributed by atoms with Crippen molar-refractivity contribution in [2.45, 2.75) is 11.8 Å². The number of nitrogens with zero attached hydrogens (tertiary/aromatic N) is 1. The molecule has 0 atom stereocenters. The quantitative estimate of drug-likeness (QED) is 0.668. The van der Waals surface area contributed by atoms with E-state index in [4.69, 9.17) is 5.73 Å². The van der Waals surface area contributed by atoms with Crippen molar-refractivity contribution < 1.29 is 13.5 Å². The number of sulfonamides is 1. The number of nitrogens with two attached hydrogens (primary N) is 1. The van der Waals surface area contributed by atoms with Crippen LogP contribution >= 0.6 is 0 Å². The molecule has 0 fully saturated rings. The number of anilines is 2. The minimum absolute atomic E-state index is 0.0372. The van der Waals surface area contributed by atoms with Crippen LogP contribution in [0.1, 0.15) is 6.92 Å². The van der Waals surface area contributed by atoms with E-state index in [-0.39, 0.29) is 16.3 Å². The smallest absolute Gasteiger partial charge is 0.264 e. The minimum atomic E-state index is -3.70. The largest absolute Gasteiger partial charge is 0.506 e. The van der Waals surface area contributed by atoms with Gasteiger partial charge >= 0.3 is 0 Å². The van der Waals surface area contributed by atoms with Crippen LogP contribution < -0.4 is 10.0 Å². The first-order valence-corrected chi connectivity index (χ1v) is 7.57. The number of benzene rings is 2. The number of nitrogen functional groups attached to an aromatic ring is 1. The molecule has 6 heteroatoms. The molecule has 0 spiro atoms. The summed E-state index contributed by atoms with van der Waals surface area (Å²) in [6.45, 7) is 2.06. The van der Waals surface area contributed by atoms with E-state index in [2.05, 4.69) is 0 Å². The number of phenols is 1. The maximum Gasteiger partial charge on any atom is 0.264 e. The predicted molar refractivity (Wildman–Crippen MR) is 79.2 cm³/mol. The summed E-state index contributed by atoms with van der Waals surface area (Å²) in [6.07, 6.45) is 0. The van der Waals surface area contributed by atoms with Gasteiger partial charge in [0.25, 0.3) is 10.0 Å². The van der Waals surface area contributed by atoms with Crippen molar-refractivity contribution in [3.8, 4) is 5.75 Å². The molecule has 5 nitrogen and oxygen atoms in total. The van der Waals surface area contributed by atoms with Gasteiger partial charge in [0.1, 0.15) is 5.75 Å². The predicted octanol–water partition coefficient (Wildman–Crippen LogP) is 2.19. The van der Waals surface area contributed by atoms with E-state index in [1.807, 2.05) is 6.07 Å². The van der Waals surface area contributed by atoms with Crippen molar-refractivity contribution in [2.75, 3.05) is 16.6 Å². The number of aromatic hydroxyl groups is 1. The molecule has 106 valence electrons. The fourth-order valence-electron chi connectivity index (χ4n) is 1.91. The van der Waals surface area contributed by atoms with Gasteiger partial charge in [0, 0.05) is 6.54 Å². The van der Waals surface area contributed by atoms with Crippen LogP contribution in [0.4, 0.5) is 11.4 Å². The highest BCUT2D eigenvalue weighted by Crippen LogP contribution is 2.27. The van der Waals surface area contributed by atoms with Crippen LogP contribution in [-0.4, -0.2) is 20.1 Å². The third-order valence-corrected chi connectivity index (χ3v) is 4.82. The molecule has 2 aromatic carbocycles. The Morgan fingerprint density at radius 3 is 2.35 bits per heavy atom. The number of hydrogen-bond acceptors (Lipinski definition) is 4. The molecule has 0 aromatic heterocycles. The second kappa shape index (κ2) is 5.42. The first-order chi connectivity index (χ1) is 9.46. The lowest BCUT2D eigenvalue weighted by atomic mass is 10.3. The van der Waals surface area contributed by atoms with Crippen molar-refractivity contribution in [3.63, 3.8) is 0 Å². The Morgan fingerprint density at radius 2 is 1.80 bits per heavy atom. The molecule has 0 unspecified atom stereocenters. The van der Waals surface area contributed by atoms with Gasteiger partial charge in [-0.3, -0.25) is 4.31 Å². The minimum Gasteiger partial charge on any atom is -0.506 e. The second-order valence-corrected chi connectivity index (χ2v) is 6.09. The van der Waals surface area contributed by atoms with Crippen molar-refractivity contribution in [3.05, 3.63) is 48.5 Å². The molecule has 0 saturated heterocycles.